The Morgan fingerprint density at radius 2 is 1.81 bits per heavy atom. The number of rotatable bonds is 6. The maximum absolute atomic E-state index is 11.3. The van der Waals surface area contributed by atoms with Gasteiger partial charge in [-0.05, 0) is 35.9 Å². The summed E-state index contributed by atoms with van der Waals surface area (Å²) in [6, 6.07) is 12.1. The van der Waals surface area contributed by atoms with Crippen LogP contribution in [0.2, 0.25) is 0 Å². The topological polar surface area (TPSA) is 107 Å². The Morgan fingerprint density at radius 3 is 2.46 bits per heavy atom. The van der Waals surface area contributed by atoms with Crippen LogP contribution in [0.1, 0.15) is 21.8 Å². The Kier molecular flexibility index (Phi) is 5.14. The summed E-state index contributed by atoms with van der Waals surface area (Å²) in [4.78, 5) is 11.3. The number of methoxy groups -OCH3 is 2. The lowest BCUT2D eigenvalue weighted by Crippen LogP contribution is -2.18. The number of nitrogens with one attached hydrogen (secondary N) is 1. The fraction of sp³-hybridized carbons (Fsp3) is 0.167. The van der Waals surface area contributed by atoms with Gasteiger partial charge in [-0.25, -0.2) is 5.48 Å². The van der Waals surface area contributed by atoms with E-state index in [4.69, 9.17) is 19.1 Å². The summed E-state index contributed by atoms with van der Waals surface area (Å²) < 4.78 is 16.2. The lowest BCUT2D eigenvalue weighted by molar-refractivity contribution is 0.0706. The van der Waals surface area contributed by atoms with E-state index in [0.29, 0.717) is 35.3 Å². The van der Waals surface area contributed by atoms with Gasteiger partial charge in [0.15, 0.2) is 11.5 Å². The van der Waals surface area contributed by atoms with Crippen molar-refractivity contribution in [2.24, 2.45) is 0 Å². The molecule has 0 aliphatic carbocycles. The van der Waals surface area contributed by atoms with Crippen molar-refractivity contribution in [3.63, 3.8) is 0 Å². The smallest absolute Gasteiger partial charge is 0.274 e. The third-order valence-corrected chi connectivity index (χ3v) is 3.77. The highest BCUT2D eigenvalue weighted by atomic mass is 16.5. The molecule has 0 bridgehead atoms. The number of nitrogens with zero attached hydrogens (tertiary/aromatic N) is 2. The molecule has 0 saturated carbocycles. The van der Waals surface area contributed by atoms with Gasteiger partial charge in [-0.3, -0.25) is 10.0 Å². The van der Waals surface area contributed by atoms with E-state index in [-0.39, 0.29) is 0 Å². The first-order valence-corrected chi connectivity index (χ1v) is 7.72. The van der Waals surface area contributed by atoms with Crippen molar-refractivity contribution in [1.29, 1.82) is 0 Å². The first-order chi connectivity index (χ1) is 12.6. The largest absolute Gasteiger partial charge is 0.493 e. The minimum atomic E-state index is -0.565. The number of aromatic nitrogens is 2. The quantitative estimate of drug-likeness (QED) is 0.517. The van der Waals surface area contributed by atoms with Gasteiger partial charge in [0.05, 0.1) is 20.6 Å². The van der Waals surface area contributed by atoms with Crippen molar-refractivity contribution < 1.29 is 23.9 Å². The highest BCUT2D eigenvalue weighted by molar-refractivity contribution is 5.93. The van der Waals surface area contributed by atoms with Crippen LogP contribution in [0.5, 0.6) is 11.5 Å². The average molecular weight is 355 g/mol. The lowest BCUT2D eigenvalue weighted by atomic mass is 10.1. The van der Waals surface area contributed by atoms with Crippen LogP contribution in [0.3, 0.4) is 0 Å². The predicted molar refractivity (Wildman–Crippen MR) is 91.3 cm³/mol. The molecule has 1 heterocycles. The molecule has 26 heavy (non-hydrogen) atoms. The first kappa shape index (κ1) is 17.4. The zero-order valence-corrected chi connectivity index (χ0v) is 14.2. The number of carbonyl (C=O) groups is 1. The Hall–Kier alpha value is -3.39. The maximum Gasteiger partial charge on any atom is 0.274 e. The number of hydrogen-bond acceptors (Lipinski definition) is 7. The summed E-state index contributed by atoms with van der Waals surface area (Å²) in [5.41, 5.74) is 3.55. The van der Waals surface area contributed by atoms with Crippen molar-refractivity contribution in [3.05, 3.63) is 59.5 Å². The zero-order valence-electron chi connectivity index (χ0n) is 14.2. The van der Waals surface area contributed by atoms with Crippen molar-refractivity contribution in [1.82, 2.24) is 15.7 Å². The Morgan fingerprint density at radius 1 is 1.08 bits per heavy atom. The number of ether oxygens (including phenoxy) is 2. The summed E-state index contributed by atoms with van der Waals surface area (Å²) in [5.74, 6) is 1.43. The normalized spacial score (nSPS) is 10.4. The van der Waals surface area contributed by atoms with Crippen molar-refractivity contribution in [3.8, 4) is 23.0 Å². The molecular formula is C18H17N3O5. The van der Waals surface area contributed by atoms with Gasteiger partial charge < -0.3 is 13.9 Å². The van der Waals surface area contributed by atoms with Crippen molar-refractivity contribution in [2.75, 3.05) is 14.2 Å². The molecule has 2 aromatic carbocycles. The van der Waals surface area contributed by atoms with Gasteiger partial charge in [-0.15, -0.1) is 10.2 Å². The van der Waals surface area contributed by atoms with E-state index in [9.17, 15) is 4.79 Å². The third kappa shape index (κ3) is 3.65. The fourth-order valence-corrected chi connectivity index (χ4v) is 2.42. The molecule has 0 atom stereocenters. The van der Waals surface area contributed by atoms with Crippen LogP contribution in [-0.2, 0) is 6.42 Å². The molecule has 0 saturated heterocycles. The highest BCUT2D eigenvalue weighted by Crippen LogP contribution is 2.31. The van der Waals surface area contributed by atoms with E-state index >= 15 is 0 Å². The Balaban J connectivity index is 1.77. The first-order valence-electron chi connectivity index (χ1n) is 7.72. The second-order valence-electron chi connectivity index (χ2n) is 5.39. The molecule has 3 aromatic rings. The lowest BCUT2D eigenvalue weighted by Gasteiger charge is -2.07. The van der Waals surface area contributed by atoms with Gasteiger partial charge in [0, 0.05) is 11.1 Å². The van der Waals surface area contributed by atoms with Crippen LogP contribution in [0.15, 0.2) is 46.9 Å². The van der Waals surface area contributed by atoms with Gasteiger partial charge in [0.2, 0.25) is 11.8 Å². The molecular weight excluding hydrogens is 338 g/mol. The number of hydrogen-bond donors (Lipinski definition) is 2. The van der Waals surface area contributed by atoms with Crippen LogP contribution in [-0.4, -0.2) is 35.5 Å². The maximum atomic E-state index is 11.3. The number of benzene rings is 2. The summed E-state index contributed by atoms with van der Waals surface area (Å²) in [5, 5.41) is 16.7. The fourth-order valence-electron chi connectivity index (χ4n) is 2.42. The molecule has 0 unspecified atom stereocenters. The van der Waals surface area contributed by atoms with Crippen LogP contribution in [0, 0.1) is 0 Å². The highest BCUT2D eigenvalue weighted by Gasteiger charge is 2.13. The number of amides is 1. The third-order valence-electron chi connectivity index (χ3n) is 3.77. The SMILES string of the molecule is COc1ccc(-c2nnc(Cc3ccc(C(=O)NO)cc3)o2)cc1OC. The summed E-state index contributed by atoms with van der Waals surface area (Å²) in [6.45, 7) is 0. The minimum absolute atomic E-state index is 0.354. The van der Waals surface area contributed by atoms with Crippen LogP contribution >= 0.6 is 0 Å². The predicted octanol–water partition coefficient (Wildman–Crippen LogP) is 2.46. The molecule has 0 spiro atoms. The molecule has 1 amide bonds. The molecule has 0 fully saturated rings. The van der Waals surface area contributed by atoms with Crippen LogP contribution in [0.25, 0.3) is 11.5 Å². The molecule has 2 N–H and O–H groups in total. The summed E-state index contributed by atoms with van der Waals surface area (Å²) in [7, 11) is 3.12. The van der Waals surface area contributed by atoms with Gasteiger partial charge in [-0.2, -0.15) is 0 Å². The van der Waals surface area contributed by atoms with Crippen molar-refractivity contribution in [2.45, 2.75) is 6.42 Å². The van der Waals surface area contributed by atoms with Gasteiger partial charge in [0.1, 0.15) is 0 Å². The van der Waals surface area contributed by atoms with Gasteiger partial charge >= 0.3 is 0 Å². The molecule has 8 heteroatoms. The Bertz CT molecular complexity index is 905. The zero-order chi connectivity index (χ0) is 18.5. The standard InChI is InChI=1S/C18H17N3O5/c1-24-14-8-7-13(10-15(14)25-2)18-20-19-16(26-18)9-11-3-5-12(6-4-11)17(22)21-23/h3-8,10,23H,9H2,1-2H3,(H,21,22). The van der Waals surface area contributed by atoms with E-state index in [1.165, 1.54) is 0 Å². The monoisotopic (exact) mass is 355 g/mol. The number of hydroxylamine groups is 1. The van der Waals surface area contributed by atoms with Crippen LogP contribution in [0.4, 0.5) is 0 Å². The van der Waals surface area contributed by atoms with E-state index < -0.39 is 5.91 Å². The minimum Gasteiger partial charge on any atom is -0.493 e. The molecule has 1 aromatic heterocycles. The Labute approximate surface area is 149 Å². The molecule has 3 rings (SSSR count). The van der Waals surface area contributed by atoms with E-state index in [1.54, 1.807) is 62.2 Å². The summed E-state index contributed by atoms with van der Waals surface area (Å²) in [6.07, 6.45) is 0.418. The van der Waals surface area contributed by atoms with Gasteiger partial charge in [-0.1, -0.05) is 12.1 Å². The summed E-state index contributed by atoms with van der Waals surface area (Å²) >= 11 is 0. The second-order valence-corrected chi connectivity index (χ2v) is 5.39. The molecule has 134 valence electrons. The average Bonchev–Trinajstić information content (AvgIpc) is 3.15. The molecule has 0 radical (unpaired) electrons. The van der Waals surface area contributed by atoms with E-state index in [0.717, 1.165) is 11.1 Å². The second kappa shape index (κ2) is 7.66. The molecule has 0 aliphatic rings. The molecule has 8 nitrogen and oxygen atoms in total. The van der Waals surface area contributed by atoms with Crippen molar-refractivity contribution >= 4 is 5.91 Å². The van der Waals surface area contributed by atoms with E-state index in [2.05, 4.69) is 10.2 Å². The molecule has 0 aliphatic heterocycles. The number of carbonyl (C=O) groups excluding carboxylic acids is 1. The van der Waals surface area contributed by atoms with E-state index in [1.807, 2.05) is 0 Å². The van der Waals surface area contributed by atoms with Crippen LogP contribution < -0.4 is 15.0 Å². The van der Waals surface area contributed by atoms with Gasteiger partial charge in [0.25, 0.3) is 5.91 Å².